The molecular weight excluding hydrogens is 284 g/mol. The van der Waals surface area contributed by atoms with Crippen LogP contribution in [0.15, 0.2) is 18.2 Å². The maximum absolute atomic E-state index is 12.4. The van der Waals surface area contributed by atoms with E-state index in [2.05, 4.69) is 0 Å². The number of aliphatic hydroxyl groups excluding tert-OH is 1. The summed E-state index contributed by atoms with van der Waals surface area (Å²) in [6.45, 7) is 2.70. The van der Waals surface area contributed by atoms with Crippen molar-refractivity contribution in [1.29, 1.82) is 0 Å². The largest absolute Gasteiger partial charge is 0.393 e. The summed E-state index contributed by atoms with van der Waals surface area (Å²) in [6.07, 6.45) is 0.0824. The Bertz CT molecular complexity index is 549. The van der Waals surface area contributed by atoms with E-state index in [1.54, 1.807) is 4.90 Å². The van der Waals surface area contributed by atoms with Crippen LogP contribution in [0.2, 0.25) is 5.02 Å². The average Bonchev–Trinajstić information content (AvgIpc) is 2.41. The number of nitro benzene ring substituents is 1. The molecule has 0 aliphatic carbocycles. The molecule has 0 bridgehead atoms. The van der Waals surface area contributed by atoms with Gasteiger partial charge in [-0.3, -0.25) is 14.9 Å². The van der Waals surface area contributed by atoms with Gasteiger partial charge in [0.1, 0.15) is 5.02 Å². The van der Waals surface area contributed by atoms with Gasteiger partial charge < -0.3 is 10.0 Å². The van der Waals surface area contributed by atoms with Crippen LogP contribution in [0.4, 0.5) is 5.69 Å². The molecule has 1 aromatic rings. The molecule has 1 N–H and O–H groups in total. The highest BCUT2D eigenvalue weighted by molar-refractivity contribution is 6.35. The van der Waals surface area contributed by atoms with Gasteiger partial charge in [0.15, 0.2) is 0 Å². The molecule has 1 aliphatic rings. The van der Waals surface area contributed by atoms with Crippen LogP contribution < -0.4 is 0 Å². The zero-order valence-electron chi connectivity index (χ0n) is 11.0. The monoisotopic (exact) mass is 298 g/mol. The Kier molecular flexibility index (Phi) is 4.25. The highest BCUT2D eigenvalue weighted by Gasteiger charge is 2.30. The third-order valence-electron chi connectivity index (χ3n) is 3.55. The maximum Gasteiger partial charge on any atom is 0.288 e. The number of benzene rings is 1. The number of nitrogens with zero attached hydrogens (tertiary/aromatic N) is 2. The first kappa shape index (κ1) is 14.7. The molecule has 1 heterocycles. The van der Waals surface area contributed by atoms with Crippen molar-refractivity contribution in [3.05, 3.63) is 38.9 Å². The summed E-state index contributed by atoms with van der Waals surface area (Å²) >= 11 is 5.94. The second-order valence-electron chi connectivity index (χ2n) is 4.98. The number of rotatable bonds is 2. The number of carbonyl (C=O) groups excluding carboxylic acids is 1. The van der Waals surface area contributed by atoms with E-state index < -0.39 is 11.0 Å². The minimum atomic E-state index is -0.609. The lowest BCUT2D eigenvalue weighted by Crippen LogP contribution is -2.45. The lowest BCUT2D eigenvalue weighted by atomic mass is 9.96. The van der Waals surface area contributed by atoms with Gasteiger partial charge >= 0.3 is 0 Å². The number of carbonyl (C=O) groups is 1. The van der Waals surface area contributed by atoms with E-state index in [0.29, 0.717) is 19.5 Å². The Morgan fingerprint density at radius 3 is 2.85 bits per heavy atom. The molecule has 0 spiro atoms. The first-order valence-electron chi connectivity index (χ1n) is 6.32. The minimum absolute atomic E-state index is 0.0230. The van der Waals surface area contributed by atoms with Crippen molar-refractivity contribution in [2.75, 3.05) is 13.1 Å². The van der Waals surface area contributed by atoms with Crippen molar-refractivity contribution in [2.24, 2.45) is 5.92 Å². The van der Waals surface area contributed by atoms with E-state index in [0.717, 1.165) is 0 Å². The molecule has 2 atom stereocenters. The highest BCUT2D eigenvalue weighted by atomic mass is 35.5. The molecular formula is C13H15ClN2O4. The predicted octanol–water partition coefficient (Wildman–Crippen LogP) is 2.09. The summed E-state index contributed by atoms with van der Waals surface area (Å²) in [5, 5.41) is 20.4. The number of piperidine rings is 1. The van der Waals surface area contributed by atoms with Crippen molar-refractivity contribution >= 4 is 23.2 Å². The number of likely N-dealkylation sites (tertiary alicyclic amines) is 1. The molecule has 1 aromatic carbocycles. The van der Waals surface area contributed by atoms with Crippen molar-refractivity contribution in [3.63, 3.8) is 0 Å². The van der Waals surface area contributed by atoms with E-state index in [1.165, 1.54) is 18.2 Å². The van der Waals surface area contributed by atoms with Crippen LogP contribution >= 0.6 is 11.6 Å². The lowest BCUT2D eigenvalue weighted by molar-refractivity contribution is -0.384. The fraction of sp³-hybridized carbons (Fsp3) is 0.462. The number of aliphatic hydroxyl groups is 1. The molecule has 0 radical (unpaired) electrons. The first-order chi connectivity index (χ1) is 9.41. The van der Waals surface area contributed by atoms with E-state index in [9.17, 15) is 20.0 Å². The predicted molar refractivity (Wildman–Crippen MR) is 73.8 cm³/mol. The first-order valence-corrected chi connectivity index (χ1v) is 6.70. The average molecular weight is 299 g/mol. The SMILES string of the molecule is CC1CN(C(=O)c2cccc([N+](=O)[O-])c2Cl)CCC1O. The standard InChI is InChI=1S/C13H15ClN2O4/c1-8-7-15(6-5-11(8)17)13(18)9-3-2-4-10(12(9)14)16(19)20/h2-4,8,11,17H,5-7H2,1H3. The number of hydrogen-bond donors (Lipinski definition) is 1. The van der Waals surface area contributed by atoms with E-state index in [1.807, 2.05) is 6.92 Å². The summed E-state index contributed by atoms with van der Waals surface area (Å²) < 4.78 is 0. The van der Waals surface area contributed by atoms with Crippen LogP contribution in [0.25, 0.3) is 0 Å². The quantitative estimate of drug-likeness (QED) is 0.669. The molecule has 0 aromatic heterocycles. The van der Waals surface area contributed by atoms with Gasteiger partial charge in [0.2, 0.25) is 0 Å². The molecule has 20 heavy (non-hydrogen) atoms. The Balaban J connectivity index is 2.26. The van der Waals surface area contributed by atoms with Gasteiger partial charge in [0.05, 0.1) is 16.6 Å². The maximum atomic E-state index is 12.4. The summed E-state index contributed by atoms with van der Waals surface area (Å²) in [6, 6.07) is 4.19. The van der Waals surface area contributed by atoms with Gasteiger partial charge in [-0.15, -0.1) is 0 Å². The zero-order chi connectivity index (χ0) is 14.9. The van der Waals surface area contributed by atoms with Gasteiger partial charge in [0, 0.05) is 19.2 Å². The Labute approximate surface area is 121 Å². The van der Waals surface area contributed by atoms with Crippen LogP contribution in [0, 0.1) is 16.0 Å². The van der Waals surface area contributed by atoms with Crippen LogP contribution in [0.3, 0.4) is 0 Å². The van der Waals surface area contributed by atoms with E-state index >= 15 is 0 Å². The third-order valence-corrected chi connectivity index (χ3v) is 3.95. The normalized spacial score (nSPS) is 22.6. The second-order valence-corrected chi connectivity index (χ2v) is 5.36. The van der Waals surface area contributed by atoms with Crippen molar-refractivity contribution in [2.45, 2.75) is 19.4 Å². The molecule has 1 fully saturated rings. The number of hydrogen-bond acceptors (Lipinski definition) is 4. The molecule has 1 saturated heterocycles. The Morgan fingerprint density at radius 1 is 1.55 bits per heavy atom. The fourth-order valence-electron chi connectivity index (χ4n) is 2.31. The van der Waals surface area contributed by atoms with Crippen molar-refractivity contribution < 1.29 is 14.8 Å². The number of halogens is 1. The van der Waals surface area contributed by atoms with Gasteiger partial charge in [0.25, 0.3) is 11.6 Å². The molecule has 108 valence electrons. The van der Waals surface area contributed by atoms with Crippen LogP contribution in [-0.2, 0) is 0 Å². The fourth-order valence-corrected chi connectivity index (χ4v) is 2.59. The zero-order valence-corrected chi connectivity index (χ0v) is 11.7. The van der Waals surface area contributed by atoms with Crippen molar-refractivity contribution in [1.82, 2.24) is 4.90 Å². The van der Waals surface area contributed by atoms with E-state index in [4.69, 9.17) is 11.6 Å². The molecule has 2 rings (SSSR count). The van der Waals surface area contributed by atoms with Crippen LogP contribution in [0.5, 0.6) is 0 Å². The third kappa shape index (κ3) is 2.76. The topological polar surface area (TPSA) is 83.7 Å². The van der Waals surface area contributed by atoms with Gasteiger partial charge in [-0.2, -0.15) is 0 Å². The molecule has 1 amide bonds. The van der Waals surface area contributed by atoms with Gasteiger partial charge in [-0.05, 0) is 18.4 Å². The minimum Gasteiger partial charge on any atom is -0.393 e. The summed E-state index contributed by atoms with van der Waals surface area (Å²) in [5.74, 6) is -0.359. The molecule has 6 nitrogen and oxygen atoms in total. The molecule has 0 saturated carbocycles. The smallest absolute Gasteiger partial charge is 0.288 e. The second kappa shape index (κ2) is 5.76. The molecule has 1 aliphatic heterocycles. The number of nitro groups is 1. The van der Waals surface area contributed by atoms with Gasteiger partial charge in [-0.1, -0.05) is 24.6 Å². The van der Waals surface area contributed by atoms with Crippen LogP contribution in [0.1, 0.15) is 23.7 Å². The van der Waals surface area contributed by atoms with Crippen molar-refractivity contribution in [3.8, 4) is 0 Å². The Hall–Kier alpha value is -1.66. The molecule has 2 unspecified atom stereocenters. The Morgan fingerprint density at radius 2 is 2.25 bits per heavy atom. The lowest BCUT2D eigenvalue weighted by Gasteiger charge is -2.34. The van der Waals surface area contributed by atoms with Gasteiger partial charge in [-0.25, -0.2) is 0 Å². The van der Waals surface area contributed by atoms with Crippen LogP contribution in [-0.4, -0.2) is 40.0 Å². The molecule has 7 heteroatoms. The summed E-state index contributed by atoms with van der Waals surface area (Å²) in [7, 11) is 0. The summed E-state index contributed by atoms with van der Waals surface area (Å²) in [4.78, 5) is 24.2. The number of amides is 1. The summed E-state index contributed by atoms with van der Waals surface area (Å²) in [5.41, 5.74) is -0.146. The van der Waals surface area contributed by atoms with E-state index in [-0.39, 0.29) is 28.1 Å². The highest BCUT2D eigenvalue weighted by Crippen LogP contribution is 2.29.